The van der Waals surface area contributed by atoms with Gasteiger partial charge in [0, 0.05) is 24.9 Å². The molecule has 0 unspecified atom stereocenters. The van der Waals surface area contributed by atoms with E-state index in [4.69, 9.17) is 0 Å². The van der Waals surface area contributed by atoms with E-state index in [0.717, 1.165) is 17.2 Å². The molecule has 0 saturated carbocycles. The Kier molecular flexibility index (Phi) is 5.21. The fraction of sp³-hybridized carbons (Fsp3) is 0.545. The molecule has 94 valence electrons. The van der Waals surface area contributed by atoms with Crippen LogP contribution >= 0.6 is 11.8 Å². The van der Waals surface area contributed by atoms with Crippen molar-refractivity contribution in [2.24, 2.45) is 0 Å². The molecule has 1 aromatic rings. The maximum Gasteiger partial charge on any atom is 0.363 e. The van der Waals surface area contributed by atoms with E-state index in [1.54, 1.807) is 12.3 Å². The van der Waals surface area contributed by atoms with Crippen LogP contribution in [0.2, 0.25) is 0 Å². The standard InChI is InChI=1S/C11H17N3O2S/c1-4-17-8-9(2)13(3)10-5-6-11(12-7-10)14(15)16/h5-7,9H,4,8H2,1-3H3/t9-/m1/s1. The normalized spacial score (nSPS) is 12.2. The van der Waals surface area contributed by atoms with Gasteiger partial charge in [-0.15, -0.1) is 0 Å². The quantitative estimate of drug-likeness (QED) is 0.577. The molecule has 0 radical (unpaired) electrons. The summed E-state index contributed by atoms with van der Waals surface area (Å²) < 4.78 is 0. The minimum absolute atomic E-state index is 0.113. The van der Waals surface area contributed by atoms with Gasteiger partial charge in [-0.25, -0.2) is 0 Å². The predicted octanol–water partition coefficient (Wildman–Crippen LogP) is 2.57. The number of pyridine rings is 1. The third kappa shape index (κ3) is 3.89. The van der Waals surface area contributed by atoms with E-state index in [0.29, 0.717) is 6.04 Å². The Morgan fingerprint density at radius 3 is 2.76 bits per heavy atom. The molecule has 1 rings (SSSR count). The zero-order chi connectivity index (χ0) is 12.8. The van der Waals surface area contributed by atoms with Crippen molar-refractivity contribution >= 4 is 23.3 Å². The van der Waals surface area contributed by atoms with Crippen molar-refractivity contribution in [3.8, 4) is 0 Å². The summed E-state index contributed by atoms with van der Waals surface area (Å²) >= 11 is 1.88. The van der Waals surface area contributed by atoms with Gasteiger partial charge in [0.05, 0.1) is 5.69 Å². The number of hydrogen-bond acceptors (Lipinski definition) is 5. The summed E-state index contributed by atoms with van der Waals surface area (Å²) in [5.41, 5.74) is 0.903. The summed E-state index contributed by atoms with van der Waals surface area (Å²) in [4.78, 5) is 15.9. The van der Waals surface area contributed by atoms with Gasteiger partial charge in [0.25, 0.3) is 0 Å². The van der Waals surface area contributed by atoms with Gasteiger partial charge in [-0.3, -0.25) is 0 Å². The number of thioether (sulfide) groups is 1. The molecule has 0 aliphatic carbocycles. The number of nitrogens with zero attached hydrogens (tertiary/aromatic N) is 3. The molecule has 0 aliphatic heterocycles. The molecular formula is C11H17N3O2S. The molecule has 17 heavy (non-hydrogen) atoms. The number of anilines is 1. The summed E-state index contributed by atoms with van der Waals surface area (Å²) in [5.74, 6) is 2.01. The lowest BCUT2D eigenvalue weighted by atomic mass is 10.3. The summed E-state index contributed by atoms with van der Waals surface area (Å²) in [6.45, 7) is 4.26. The Balaban J connectivity index is 2.68. The zero-order valence-electron chi connectivity index (χ0n) is 10.3. The van der Waals surface area contributed by atoms with Crippen molar-refractivity contribution in [3.05, 3.63) is 28.4 Å². The van der Waals surface area contributed by atoms with Crippen LogP contribution < -0.4 is 4.90 Å². The van der Waals surface area contributed by atoms with Crippen molar-refractivity contribution in [2.75, 3.05) is 23.5 Å². The van der Waals surface area contributed by atoms with Crippen LogP contribution in [0.15, 0.2) is 18.3 Å². The first-order valence-electron chi connectivity index (χ1n) is 5.47. The molecule has 6 heteroatoms. The number of hydrogen-bond donors (Lipinski definition) is 0. The molecule has 0 spiro atoms. The second-order valence-electron chi connectivity index (χ2n) is 3.75. The summed E-state index contributed by atoms with van der Waals surface area (Å²) in [7, 11) is 1.98. The average Bonchev–Trinajstić information content (AvgIpc) is 2.35. The van der Waals surface area contributed by atoms with Gasteiger partial charge in [0.15, 0.2) is 6.20 Å². The Bertz CT molecular complexity index is 369. The van der Waals surface area contributed by atoms with Crippen molar-refractivity contribution in [1.29, 1.82) is 0 Å². The van der Waals surface area contributed by atoms with Crippen LogP contribution in [-0.2, 0) is 0 Å². The minimum Gasteiger partial charge on any atom is -0.368 e. The fourth-order valence-electron chi connectivity index (χ4n) is 1.35. The van der Waals surface area contributed by atoms with E-state index >= 15 is 0 Å². The van der Waals surface area contributed by atoms with Crippen molar-refractivity contribution in [1.82, 2.24) is 4.98 Å². The highest BCUT2D eigenvalue weighted by molar-refractivity contribution is 7.99. The van der Waals surface area contributed by atoms with Gasteiger partial charge in [0.1, 0.15) is 0 Å². The summed E-state index contributed by atoms with van der Waals surface area (Å²) in [6.07, 6.45) is 1.55. The van der Waals surface area contributed by atoms with Crippen molar-refractivity contribution in [3.63, 3.8) is 0 Å². The summed E-state index contributed by atoms with van der Waals surface area (Å²) in [6, 6.07) is 3.55. The molecule has 1 atom stereocenters. The maximum absolute atomic E-state index is 10.5. The highest BCUT2D eigenvalue weighted by Gasteiger charge is 2.13. The van der Waals surface area contributed by atoms with E-state index in [9.17, 15) is 10.1 Å². The first-order valence-corrected chi connectivity index (χ1v) is 6.62. The average molecular weight is 255 g/mol. The number of aromatic nitrogens is 1. The molecule has 0 amide bonds. The molecule has 5 nitrogen and oxygen atoms in total. The molecule has 1 aromatic heterocycles. The molecule has 0 aliphatic rings. The Hall–Kier alpha value is -1.30. The van der Waals surface area contributed by atoms with Crippen LogP contribution in [0.3, 0.4) is 0 Å². The molecule has 0 N–H and O–H groups in total. The lowest BCUT2D eigenvalue weighted by molar-refractivity contribution is -0.389. The van der Waals surface area contributed by atoms with Crippen LogP contribution in [-0.4, -0.2) is 34.5 Å². The summed E-state index contributed by atoms with van der Waals surface area (Å²) in [5, 5.41) is 10.5. The minimum atomic E-state index is -0.486. The van der Waals surface area contributed by atoms with E-state index in [1.165, 1.54) is 6.07 Å². The largest absolute Gasteiger partial charge is 0.368 e. The second-order valence-corrected chi connectivity index (χ2v) is 5.07. The van der Waals surface area contributed by atoms with Gasteiger partial charge >= 0.3 is 5.82 Å². The van der Waals surface area contributed by atoms with Crippen LogP contribution in [0, 0.1) is 10.1 Å². The predicted molar refractivity (Wildman–Crippen MR) is 71.8 cm³/mol. The van der Waals surface area contributed by atoms with Gasteiger partial charge < -0.3 is 15.0 Å². The van der Waals surface area contributed by atoms with Crippen LogP contribution in [0.25, 0.3) is 0 Å². The smallest absolute Gasteiger partial charge is 0.363 e. The van der Waals surface area contributed by atoms with Crippen LogP contribution in [0.4, 0.5) is 11.5 Å². The first kappa shape index (κ1) is 13.8. The second kappa shape index (κ2) is 6.44. The monoisotopic (exact) mass is 255 g/mol. The molecule has 0 bridgehead atoms. The first-order chi connectivity index (χ1) is 8.06. The molecule has 0 saturated heterocycles. The third-order valence-corrected chi connectivity index (χ3v) is 3.68. The Morgan fingerprint density at radius 2 is 2.29 bits per heavy atom. The lowest BCUT2D eigenvalue weighted by Gasteiger charge is -2.25. The molecule has 0 fully saturated rings. The SMILES string of the molecule is CCSC[C@@H](C)N(C)c1ccc([N+](=O)[O-])nc1. The van der Waals surface area contributed by atoms with Gasteiger partial charge in [-0.1, -0.05) is 6.92 Å². The highest BCUT2D eigenvalue weighted by atomic mass is 32.2. The van der Waals surface area contributed by atoms with E-state index in [2.05, 4.69) is 23.7 Å². The zero-order valence-corrected chi connectivity index (χ0v) is 11.1. The fourth-order valence-corrected chi connectivity index (χ4v) is 2.15. The Labute approximate surface area is 105 Å². The highest BCUT2D eigenvalue weighted by Crippen LogP contribution is 2.18. The third-order valence-electron chi connectivity index (χ3n) is 2.55. The lowest BCUT2D eigenvalue weighted by Crippen LogP contribution is -2.31. The van der Waals surface area contributed by atoms with E-state index in [1.807, 2.05) is 18.8 Å². The van der Waals surface area contributed by atoms with Crippen LogP contribution in [0.5, 0.6) is 0 Å². The van der Waals surface area contributed by atoms with Crippen LogP contribution in [0.1, 0.15) is 13.8 Å². The van der Waals surface area contributed by atoms with E-state index < -0.39 is 4.92 Å². The molecular weight excluding hydrogens is 238 g/mol. The molecule has 0 aromatic carbocycles. The number of rotatable bonds is 6. The topological polar surface area (TPSA) is 59.3 Å². The van der Waals surface area contributed by atoms with Crippen molar-refractivity contribution in [2.45, 2.75) is 19.9 Å². The van der Waals surface area contributed by atoms with Crippen molar-refractivity contribution < 1.29 is 4.92 Å². The van der Waals surface area contributed by atoms with E-state index in [-0.39, 0.29) is 5.82 Å². The van der Waals surface area contributed by atoms with Gasteiger partial charge in [-0.2, -0.15) is 11.8 Å². The van der Waals surface area contributed by atoms with Gasteiger partial charge in [-0.05, 0) is 28.7 Å². The maximum atomic E-state index is 10.5. The Morgan fingerprint density at radius 1 is 1.59 bits per heavy atom. The molecule has 1 heterocycles. The van der Waals surface area contributed by atoms with Gasteiger partial charge in [0.2, 0.25) is 0 Å². The number of nitro groups is 1.